The zero-order valence-corrected chi connectivity index (χ0v) is 15.2. The van der Waals surface area contributed by atoms with Crippen molar-refractivity contribution in [2.24, 2.45) is 0 Å². The van der Waals surface area contributed by atoms with Crippen LogP contribution in [0.5, 0.6) is 0 Å². The van der Waals surface area contributed by atoms with Crippen LogP contribution >= 0.6 is 0 Å². The normalized spacial score (nSPS) is 12.8. The molecule has 128 valence electrons. The van der Waals surface area contributed by atoms with E-state index in [2.05, 4.69) is 31.2 Å². The van der Waals surface area contributed by atoms with Crippen LogP contribution in [0.15, 0.2) is 30.5 Å². The van der Waals surface area contributed by atoms with E-state index in [1.165, 1.54) is 6.92 Å². The maximum absolute atomic E-state index is 12.4. The Balaban J connectivity index is 2.14. The molecule has 1 heterocycles. The van der Waals surface area contributed by atoms with Crippen molar-refractivity contribution < 1.29 is 9.59 Å². The number of aromatic nitrogens is 2. The fourth-order valence-corrected chi connectivity index (χ4v) is 2.46. The van der Waals surface area contributed by atoms with E-state index in [-0.39, 0.29) is 23.3 Å². The van der Waals surface area contributed by atoms with Crippen molar-refractivity contribution >= 4 is 11.7 Å². The highest BCUT2D eigenvalue weighted by atomic mass is 16.1. The lowest BCUT2D eigenvalue weighted by Gasteiger charge is -2.19. The molecule has 2 rings (SSSR count). The van der Waals surface area contributed by atoms with Crippen molar-refractivity contribution in [3.05, 3.63) is 52.8 Å². The van der Waals surface area contributed by atoms with Crippen LogP contribution in [0.25, 0.3) is 0 Å². The molecular formula is C19H25N3O2. The Morgan fingerprint density at radius 1 is 1.12 bits per heavy atom. The minimum Gasteiger partial charge on any atom is -0.345 e. The Labute approximate surface area is 143 Å². The summed E-state index contributed by atoms with van der Waals surface area (Å²) in [6.07, 6.45) is 1.99. The molecule has 2 aromatic rings. The predicted molar refractivity (Wildman–Crippen MR) is 94.3 cm³/mol. The van der Waals surface area contributed by atoms with Gasteiger partial charge in [-0.3, -0.25) is 14.3 Å². The Kier molecular flexibility index (Phi) is 4.92. The van der Waals surface area contributed by atoms with Crippen LogP contribution in [0.3, 0.4) is 0 Å². The largest absolute Gasteiger partial charge is 0.345 e. The zero-order chi connectivity index (χ0) is 18.1. The number of aryl methyl sites for hydroxylation is 1. The molecule has 0 aliphatic rings. The number of carbonyl (C=O) groups excluding carboxylic acids is 2. The second kappa shape index (κ2) is 6.59. The number of benzene rings is 1. The Morgan fingerprint density at radius 2 is 1.67 bits per heavy atom. The van der Waals surface area contributed by atoms with Gasteiger partial charge in [0.25, 0.3) is 5.91 Å². The summed E-state index contributed by atoms with van der Waals surface area (Å²) in [5.74, 6) is -0.180. The van der Waals surface area contributed by atoms with Crippen LogP contribution in [-0.2, 0) is 5.54 Å². The van der Waals surface area contributed by atoms with Gasteiger partial charge in [0.2, 0.25) is 0 Å². The van der Waals surface area contributed by atoms with Crippen molar-refractivity contribution in [3.63, 3.8) is 0 Å². The molecule has 1 atom stereocenters. The predicted octanol–water partition coefficient (Wildman–Crippen LogP) is 3.64. The first-order valence-electron chi connectivity index (χ1n) is 8.08. The van der Waals surface area contributed by atoms with Gasteiger partial charge < -0.3 is 5.32 Å². The molecule has 5 heteroatoms. The van der Waals surface area contributed by atoms with Crippen molar-refractivity contribution in [2.45, 2.75) is 53.1 Å². The number of nitrogens with one attached hydrogen (secondary N) is 1. The molecule has 0 spiro atoms. The van der Waals surface area contributed by atoms with Crippen molar-refractivity contribution in [2.75, 3.05) is 0 Å². The van der Waals surface area contributed by atoms with Crippen molar-refractivity contribution in [3.8, 4) is 0 Å². The second-order valence-electron chi connectivity index (χ2n) is 7.11. The van der Waals surface area contributed by atoms with Crippen LogP contribution in [0.4, 0.5) is 0 Å². The minimum atomic E-state index is -0.166. The molecule has 0 unspecified atom stereocenters. The van der Waals surface area contributed by atoms with Crippen LogP contribution in [0.1, 0.15) is 72.6 Å². The standard InChI is InChI=1S/C19H25N3O2/c1-12(17-11-22(19(4,5)6)21-13(17)2)20-18(24)16-9-7-15(8-10-16)14(3)23/h7-12H,1-6H3,(H,20,24)/t12-/m1/s1. The number of amides is 1. The molecule has 24 heavy (non-hydrogen) atoms. The van der Waals surface area contributed by atoms with E-state index >= 15 is 0 Å². The highest BCUT2D eigenvalue weighted by Gasteiger charge is 2.20. The summed E-state index contributed by atoms with van der Waals surface area (Å²) in [6.45, 7) is 11.7. The summed E-state index contributed by atoms with van der Waals surface area (Å²) in [5.41, 5.74) is 2.94. The molecule has 0 aliphatic heterocycles. The first-order chi connectivity index (χ1) is 11.1. The minimum absolute atomic E-state index is 0.0134. The third kappa shape index (κ3) is 3.91. The van der Waals surface area contributed by atoms with Gasteiger partial charge in [-0.25, -0.2) is 0 Å². The highest BCUT2D eigenvalue weighted by Crippen LogP contribution is 2.21. The van der Waals surface area contributed by atoms with Gasteiger partial charge in [0.1, 0.15) is 0 Å². The van der Waals surface area contributed by atoms with E-state index in [0.29, 0.717) is 11.1 Å². The van der Waals surface area contributed by atoms with E-state index in [1.807, 2.05) is 24.7 Å². The lowest BCUT2D eigenvalue weighted by atomic mass is 10.1. The number of hydrogen-bond acceptors (Lipinski definition) is 3. The van der Waals surface area contributed by atoms with Gasteiger partial charge in [-0.15, -0.1) is 0 Å². The molecular weight excluding hydrogens is 302 g/mol. The summed E-state index contributed by atoms with van der Waals surface area (Å²) < 4.78 is 1.92. The average molecular weight is 327 g/mol. The second-order valence-corrected chi connectivity index (χ2v) is 7.11. The quantitative estimate of drug-likeness (QED) is 0.872. The van der Waals surface area contributed by atoms with E-state index < -0.39 is 0 Å². The monoisotopic (exact) mass is 327 g/mol. The van der Waals surface area contributed by atoms with Gasteiger partial charge in [0, 0.05) is 22.9 Å². The number of carbonyl (C=O) groups is 2. The molecule has 1 N–H and O–H groups in total. The Hall–Kier alpha value is -2.43. The van der Waals surface area contributed by atoms with E-state index in [9.17, 15) is 9.59 Å². The van der Waals surface area contributed by atoms with Gasteiger partial charge >= 0.3 is 0 Å². The Bertz CT molecular complexity index is 752. The number of rotatable bonds is 4. The molecule has 1 aromatic carbocycles. The fraction of sp³-hybridized carbons (Fsp3) is 0.421. The van der Waals surface area contributed by atoms with Crippen LogP contribution in [0.2, 0.25) is 0 Å². The third-order valence-corrected chi connectivity index (χ3v) is 3.99. The molecule has 0 fully saturated rings. The summed E-state index contributed by atoms with van der Waals surface area (Å²) in [4.78, 5) is 23.7. The number of nitrogens with zero attached hydrogens (tertiary/aromatic N) is 2. The molecule has 0 saturated heterocycles. The zero-order valence-electron chi connectivity index (χ0n) is 15.2. The van der Waals surface area contributed by atoms with Gasteiger partial charge in [-0.05, 0) is 53.7 Å². The van der Waals surface area contributed by atoms with E-state index in [4.69, 9.17) is 0 Å². The molecule has 0 aliphatic carbocycles. The van der Waals surface area contributed by atoms with Crippen LogP contribution in [0, 0.1) is 6.92 Å². The van der Waals surface area contributed by atoms with Gasteiger partial charge in [0.15, 0.2) is 5.78 Å². The maximum atomic E-state index is 12.4. The molecule has 5 nitrogen and oxygen atoms in total. The molecule has 1 aromatic heterocycles. The SMILES string of the molecule is CC(=O)c1ccc(C(=O)N[C@H](C)c2cn(C(C)(C)C)nc2C)cc1. The maximum Gasteiger partial charge on any atom is 0.251 e. The topological polar surface area (TPSA) is 64.0 Å². The molecule has 0 bridgehead atoms. The number of Topliss-reactive ketones (excluding diaryl/α,β-unsaturated/α-hetero) is 1. The first kappa shape index (κ1) is 17.9. The summed E-state index contributed by atoms with van der Waals surface area (Å²) in [7, 11) is 0. The van der Waals surface area contributed by atoms with Crippen molar-refractivity contribution in [1.82, 2.24) is 15.1 Å². The average Bonchev–Trinajstić information content (AvgIpc) is 2.89. The van der Waals surface area contributed by atoms with Gasteiger partial charge in [-0.2, -0.15) is 5.10 Å². The molecule has 1 amide bonds. The van der Waals surface area contributed by atoms with Crippen LogP contribution in [-0.4, -0.2) is 21.5 Å². The summed E-state index contributed by atoms with van der Waals surface area (Å²) in [6, 6.07) is 6.53. The smallest absolute Gasteiger partial charge is 0.251 e. The fourth-order valence-electron chi connectivity index (χ4n) is 2.46. The molecule has 0 saturated carbocycles. The third-order valence-electron chi connectivity index (χ3n) is 3.99. The highest BCUT2D eigenvalue weighted by molar-refractivity contribution is 5.97. The summed E-state index contributed by atoms with van der Waals surface area (Å²) in [5, 5.41) is 7.53. The Morgan fingerprint density at radius 3 is 2.12 bits per heavy atom. The van der Waals surface area contributed by atoms with Gasteiger partial charge in [0.05, 0.1) is 17.3 Å². The first-order valence-corrected chi connectivity index (χ1v) is 8.08. The van der Waals surface area contributed by atoms with Gasteiger partial charge in [-0.1, -0.05) is 12.1 Å². The lowest BCUT2D eigenvalue weighted by Crippen LogP contribution is -2.27. The number of hydrogen-bond donors (Lipinski definition) is 1. The van der Waals surface area contributed by atoms with E-state index in [0.717, 1.165) is 11.3 Å². The number of ketones is 1. The van der Waals surface area contributed by atoms with E-state index in [1.54, 1.807) is 24.3 Å². The van der Waals surface area contributed by atoms with Crippen molar-refractivity contribution in [1.29, 1.82) is 0 Å². The van der Waals surface area contributed by atoms with Crippen LogP contribution < -0.4 is 5.32 Å². The summed E-state index contributed by atoms with van der Waals surface area (Å²) >= 11 is 0. The lowest BCUT2D eigenvalue weighted by molar-refractivity contribution is 0.0938. The molecule has 0 radical (unpaired) electrons.